The molecule has 1 aliphatic carbocycles. The Balaban J connectivity index is 0.00000300. The number of piperazine rings is 1. The largest absolute Gasteiger partial charge is 0.357 e. The van der Waals surface area contributed by atoms with Gasteiger partial charge in [-0.2, -0.15) is 4.31 Å². The van der Waals surface area contributed by atoms with Crippen molar-refractivity contribution in [3.05, 3.63) is 36.5 Å². The SMILES string of the molecule is CCNC(=NCCS(=O)(=O)N1CCN(c2ccccn2)CC1)NC1CC=CC1.I. The lowest BCUT2D eigenvalue weighted by atomic mass is 10.2. The van der Waals surface area contributed by atoms with Crippen LogP contribution in [-0.2, 0) is 10.0 Å². The van der Waals surface area contributed by atoms with Crippen LogP contribution in [0.5, 0.6) is 0 Å². The van der Waals surface area contributed by atoms with Crippen molar-refractivity contribution in [3.8, 4) is 0 Å². The number of rotatable bonds is 7. The van der Waals surface area contributed by atoms with E-state index in [1.807, 2.05) is 25.1 Å². The van der Waals surface area contributed by atoms with Gasteiger partial charge in [-0.3, -0.25) is 4.99 Å². The normalized spacial score (nSPS) is 18.5. The van der Waals surface area contributed by atoms with Crippen molar-refractivity contribution >= 4 is 45.8 Å². The quantitative estimate of drug-likeness (QED) is 0.238. The average Bonchev–Trinajstić information content (AvgIpc) is 3.22. The smallest absolute Gasteiger partial charge is 0.216 e. The zero-order valence-electron chi connectivity index (χ0n) is 16.8. The third-order valence-corrected chi connectivity index (χ3v) is 6.77. The molecule has 1 saturated heterocycles. The van der Waals surface area contributed by atoms with Gasteiger partial charge in [0.1, 0.15) is 5.82 Å². The zero-order chi connectivity index (χ0) is 19.8. The summed E-state index contributed by atoms with van der Waals surface area (Å²) in [6.07, 6.45) is 8.01. The Kier molecular flexibility index (Phi) is 9.63. The van der Waals surface area contributed by atoms with Crippen LogP contribution in [0.4, 0.5) is 5.82 Å². The van der Waals surface area contributed by atoms with Crippen molar-refractivity contribution in [2.24, 2.45) is 4.99 Å². The van der Waals surface area contributed by atoms with E-state index in [2.05, 4.69) is 37.7 Å². The predicted molar refractivity (Wildman–Crippen MR) is 129 cm³/mol. The summed E-state index contributed by atoms with van der Waals surface area (Å²) in [7, 11) is -3.32. The number of sulfonamides is 1. The summed E-state index contributed by atoms with van der Waals surface area (Å²) in [6.45, 7) is 5.26. The van der Waals surface area contributed by atoms with E-state index in [9.17, 15) is 8.42 Å². The summed E-state index contributed by atoms with van der Waals surface area (Å²) in [5.41, 5.74) is 0. The minimum absolute atomic E-state index is 0. The van der Waals surface area contributed by atoms with E-state index < -0.39 is 10.0 Å². The van der Waals surface area contributed by atoms with Gasteiger partial charge in [0.2, 0.25) is 10.0 Å². The first-order valence-electron chi connectivity index (χ1n) is 9.92. The van der Waals surface area contributed by atoms with Gasteiger partial charge >= 0.3 is 0 Å². The fourth-order valence-corrected chi connectivity index (χ4v) is 4.69. The second-order valence-electron chi connectivity index (χ2n) is 6.93. The number of aliphatic imine (C=N–C) groups is 1. The molecule has 1 aromatic heterocycles. The number of halogens is 1. The van der Waals surface area contributed by atoms with Gasteiger partial charge in [-0.05, 0) is 31.9 Å². The van der Waals surface area contributed by atoms with Crippen LogP contribution >= 0.6 is 24.0 Å². The molecule has 0 saturated carbocycles. The van der Waals surface area contributed by atoms with Gasteiger partial charge in [0.05, 0.1) is 12.3 Å². The molecule has 29 heavy (non-hydrogen) atoms. The molecule has 0 radical (unpaired) electrons. The van der Waals surface area contributed by atoms with Crippen LogP contribution in [0.1, 0.15) is 19.8 Å². The van der Waals surface area contributed by atoms with Crippen molar-refractivity contribution in [3.63, 3.8) is 0 Å². The number of anilines is 1. The number of hydrogen-bond donors (Lipinski definition) is 2. The molecule has 162 valence electrons. The van der Waals surface area contributed by atoms with Crippen molar-refractivity contribution < 1.29 is 8.42 Å². The lowest BCUT2D eigenvalue weighted by molar-refractivity contribution is 0.384. The third kappa shape index (κ3) is 7.10. The number of guanidine groups is 1. The first kappa shape index (κ1) is 23.9. The molecule has 0 atom stereocenters. The molecule has 10 heteroatoms. The number of hydrogen-bond acceptors (Lipinski definition) is 5. The van der Waals surface area contributed by atoms with Gasteiger partial charge in [-0.1, -0.05) is 18.2 Å². The molecule has 1 aliphatic heterocycles. The van der Waals surface area contributed by atoms with E-state index in [0.29, 0.717) is 38.2 Å². The molecule has 2 N–H and O–H groups in total. The van der Waals surface area contributed by atoms with E-state index >= 15 is 0 Å². The van der Waals surface area contributed by atoms with Crippen molar-refractivity contribution in [1.82, 2.24) is 19.9 Å². The van der Waals surface area contributed by atoms with E-state index in [0.717, 1.165) is 25.2 Å². The summed E-state index contributed by atoms with van der Waals surface area (Å²) >= 11 is 0. The Hall–Kier alpha value is -1.40. The maximum atomic E-state index is 12.7. The Morgan fingerprint density at radius 3 is 2.55 bits per heavy atom. The van der Waals surface area contributed by atoms with E-state index in [-0.39, 0.29) is 36.3 Å². The molecule has 1 fully saturated rings. The van der Waals surface area contributed by atoms with E-state index in [1.165, 1.54) is 0 Å². The highest BCUT2D eigenvalue weighted by Gasteiger charge is 2.27. The van der Waals surface area contributed by atoms with Crippen LogP contribution in [0.25, 0.3) is 0 Å². The Morgan fingerprint density at radius 1 is 1.21 bits per heavy atom. The molecule has 2 heterocycles. The molecule has 0 spiro atoms. The predicted octanol–water partition coefficient (Wildman–Crippen LogP) is 1.43. The van der Waals surface area contributed by atoms with Crippen molar-refractivity contribution in [1.29, 1.82) is 0 Å². The average molecular weight is 534 g/mol. The molecule has 3 rings (SSSR count). The van der Waals surface area contributed by atoms with Crippen LogP contribution in [0.15, 0.2) is 41.5 Å². The molecular weight excluding hydrogens is 503 g/mol. The first-order valence-corrected chi connectivity index (χ1v) is 11.5. The minimum atomic E-state index is -3.32. The standard InChI is InChI=1S/C19H30N6O2S.HI/c1-2-20-19(23-17-7-3-4-8-17)22-11-16-28(26,27)25-14-12-24(13-15-25)18-9-5-6-10-21-18;/h3-6,9-10,17H,2,7-8,11-16H2,1H3,(H2,20,22,23);1H. The lowest BCUT2D eigenvalue weighted by Crippen LogP contribution is -2.49. The minimum Gasteiger partial charge on any atom is -0.357 e. The van der Waals surface area contributed by atoms with Gasteiger partial charge in [-0.25, -0.2) is 13.4 Å². The molecular formula is C19H31IN6O2S. The molecule has 0 aromatic carbocycles. The summed E-state index contributed by atoms with van der Waals surface area (Å²) in [4.78, 5) is 10.9. The topological polar surface area (TPSA) is 89.9 Å². The second-order valence-corrected chi connectivity index (χ2v) is 9.02. The highest BCUT2D eigenvalue weighted by molar-refractivity contribution is 14.0. The third-order valence-electron chi connectivity index (χ3n) is 4.92. The first-order chi connectivity index (χ1) is 13.6. The maximum absolute atomic E-state index is 12.7. The molecule has 0 amide bonds. The maximum Gasteiger partial charge on any atom is 0.216 e. The monoisotopic (exact) mass is 534 g/mol. The highest BCUT2D eigenvalue weighted by Crippen LogP contribution is 2.15. The highest BCUT2D eigenvalue weighted by atomic mass is 127. The van der Waals surface area contributed by atoms with E-state index in [1.54, 1.807) is 10.5 Å². The van der Waals surface area contributed by atoms with Gasteiger partial charge in [0.15, 0.2) is 5.96 Å². The molecule has 0 bridgehead atoms. The Morgan fingerprint density at radius 2 is 1.93 bits per heavy atom. The number of nitrogens with one attached hydrogen (secondary N) is 2. The van der Waals surface area contributed by atoms with Crippen LogP contribution in [-0.4, -0.2) is 74.7 Å². The Bertz CT molecular complexity index is 771. The van der Waals surface area contributed by atoms with Crippen LogP contribution in [0, 0.1) is 0 Å². The van der Waals surface area contributed by atoms with Gasteiger partial charge < -0.3 is 15.5 Å². The fraction of sp³-hybridized carbons (Fsp3) is 0.579. The summed E-state index contributed by atoms with van der Waals surface area (Å²) in [5, 5.41) is 6.55. The van der Waals surface area contributed by atoms with Crippen molar-refractivity contribution in [2.45, 2.75) is 25.8 Å². The fourth-order valence-electron chi connectivity index (χ4n) is 3.39. The molecule has 2 aliphatic rings. The summed E-state index contributed by atoms with van der Waals surface area (Å²) in [6, 6.07) is 6.12. The number of aromatic nitrogens is 1. The zero-order valence-corrected chi connectivity index (χ0v) is 20.0. The van der Waals surface area contributed by atoms with Crippen molar-refractivity contribution in [2.75, 3.05) is 49.9 Å². The van der Waals surface area contributed by atoms with Gasteiger partial charge in [0, 0.05) is 45.0 Å². The molecule has 0 unspecified atom stereocenters. The summed E-state index contributed by atoms with van der Waals surface area (Å²) < 4.78 is 26.9. The van der Waals surface area contributed by atoms with E-state index in [4.69, 9.17) is 0 Å². The number of nitrogens with zero attached hydrogens (tertiary/aromatic N) is 4. The van der Waals surface area contributed by atoms with Crippen LogP contribution < -0.4 is 15.5 Å². The number of pyridine rings is 1. The molecule has 1 aromatic rings. The second kappa shape index (κ2) is 11.7. The Labute approximate surface area is 190 Å². The summed E-state index contributed by atoms with van der Waals surface area (Å²) in [5.74, 6) is 1.61. The van der Waals surface area contributed by atoms with Gasteiger partial charge in [-0.15, -0.1) is 24.0 Å². The molecule has 8 nitrogen and oxygen atoms in total. The van der Waals surface area contributed by atoms with Crippen LogP contribution in [0.2, 0.25) is 0 Å². The van der Waals surface area contributed by atoms with Crippen LogP contribution in [0.3, 0.4) is 0 Å². The van der Waals surface area contributed by atoms with Gasteiger partial charge in [0.25, 0.3) is 0 Å². The lowest BCUT2D eigenvalue weighted by Gasteiger charge is -2.34.